The second-order valence-corrected chi connectivity index (χ2v) is 8.59. The van der Waals surface area contributed by atoms with E-state index < -0.39 is 10.0 Å². The maximum absolute atomic E-state index is 12.5. The quantitative estimate of drug-likeness (QED) is 0.710. The van der Waals surface area contributed by atoms with E-state index in [4.69, 9.17) is 0 Å². The van der Waals surface area contributed by atoms with Crippen LogP contribution in [0.5, 0.6) is 0 Å². The largest absolute Gasteiger partial charge is 0.352 e. The molecule has 3 rings (SSSR count). The molecule has 2 N–H and O–H groups in total. The number of sulfonamides is 1. The van der Waals surface area contributed by atoms with Crippen molar-refractivity contribution in [2.75, 3.05) is 20.1 Å². The van der Waals surface area contributed by atoms with Gasteiger partial charge in [0.25, 0.3) is 5.91 Å². The number of hydrogen-bond acceptors (Lipinski definition) is 4. The number of nitrogens with zero attached hydrogens (tertiary/aromatic N) is 1. The number of nitrogens with one attached hydrogen (secondary N) is 2. The van der Waals surface area contributed by atoms with Crippen LogP contribution in [0, 0.1) is 5.92 Å². The van der Waals surface area contributed by atoms with Gasteiger partial charge in [-0.25, -0.2) is 13.1 Å². The van der Waals surface area contributed by atoms with Crippen LogP contribution < -0.4 is 10.0 Å². The molecule has 0 unspecified atom stereocenters. The average Bonchev–Trinajstić information content (AvgIpc) is 3.47. The molecule has 8 heteroatoms. The van der Waals surface area contributed by atoms with Crippen LogP contribution >= 0.6 is 0 Å². The van der Waals surface area contributed by atoms with Crippen molar-refractivity contribution < 1.29 is 18.0 Å². The van der Waals surface area contributed by atoms with E-state index in [-0.39, 0.29) is 34.9 Å². The summed E-state index contributed by atoms with van der Waals surface area (Å²) in [6.07, 6.45) is 4.07. The van der Waals surface area contributed by atoms with Crippen molar-refractivity contribution in [2.45, 2.75) is 36.6 Å². The van der Waals surface area contributed by atoms with Crippen LogP contribution in [0.1, 0.15) is 36.0 Å². The summed E-state index contributed by atoms with van der Waals surface area (Å²) in [6, 6.07) is 6.15. The molecule has 0 heterocycles. The van der Waals surface area contributed by atoms with Crippen LogP contribution in [0.15, 0.2) is 29.2 Å². The first-order chi connectivity index (χ1) is 11.8. The fourth-order valence-electron chi connectivity index (χ4n) is 2.44. The van der Waals surface area contributed by atoms with E-state index in [0.29, 0.717) is 12.5 Å². The van der Waals surface area contributed by atoms with Crippen LogP contribution in [0.3, 0.4) is 0 Å². The molecule has 2 amide bonds. The van der Waals surface area contributed by atoms with Gasteiger partial charge in [0.2, 0.25) is 15.9 Å². The lowest BCUT2D eigenvalue weighted by Gasteiger charge is -2.17. The normalized spacial score (nSPS) is 17.2. The predicted molar refractivity (Wildman–Crippen MR) is 92.5 cm³/mol. The van der Waals surface area contributed by atoms with E-state index in [1.807, 2.05) is 0 Å². The topological polar surface area (TPSA) is 95.6 Å². The first-order valence-corrected chi connectivity index (χ1v) is 9.98. The van der Waals surface area contributed by atoms with Crippen LogP contribution in [0.4, 0.5) is 0 Å². The summed E-state index contributed by atoms with van der Waals surface area (Å²) in [7, 11) is -2.10. The SMILES string of the molecule is CN(CC(=O)NC1CC1)C(=O)c1cccc(S(=O)(=O)NCC2CC2)c1. The zero-order valence-electron chi connectivity index (χ0n) is 14.2. The number of carbonyl (C=O) groups is 2. The average molecular weight is 365 g/mol. The Morgan fingerprint density at radius 2 is 1.92 bits per heavy atom. The molecule has 1 aromatic carbocycles. The molecule has 7 nitrogen and oxygen atoms in total. The molecule has 0 aliphatic heterocycles. The molecule has 2 fully saturated rings. The van der Waals surface area contributed by atoms with Gasteiger partial charge in [0, 0.05) is 25.2 Å². The molecule has 0 bridgehead atoms. The minimum atomic E-state index is -3.63. The summed E-state index contributed by atoms with van der Waals surface area (Å²) >= 11 is 0. The second kappa shape index (κ2) is 7.13. The van der Waals surface area contributed by atoms with Gasteiger partial charge in [-0.2, -0.15) is 0 Å². The lowest BCUT2D eigenvalue weighted by Crippen LogP contribution is -2.39. The van der Waals surface area contributed by atoms with Crippen molar-refractivity contribution in [2.24, 2.45) is 5.92 Å². The van der Waals surface area contributed by atoms with E-state index in [9.17, 15) is 18.0 Å². The van der Waals surface area contributed by atoms with Gasteiger partial charge in [0.15, 0.2) is 0 Å². The summed E-state index contributed by atoms with van der Waals surface area (Å²) in [4.78, 5) is 25.6. The van der Waals surface area contributed by atoms with Gasteiger partial charge < -0.3 is 10.2 Å². The number of benzene rings is 1. The molecule has 0 atom stereocenters. The van der Waals surface area contributed by atoms with Gasteiger partial charge in [0.1, 0.15) is 0 Å². The van der Waals surface area contributed by atoms with Crippen LogP contribution in [-0.4, -0.2) is 51.3 Å². The third-order valence-corrected chi connectivity index (χ3v) is 5.74. The summed E-state index contributed by atoms with van der Waals surface area (Å²) in [6.45, 7) is 0.383. The molecule has 1 aromatic rings. The fourth-order valence-corrected chi connectivity index (χ4v) is 3.60. The highest BCUT2D eigenvalue weighted by atomic mass is 32.2. The number of rotatable bonds is 8. The first kappa shape index (κ1) is 17.9. The molecule has 2 aliphatic carbocycles. The molecule has 0 spiro atoms. The van der Waals surface area contributed by atoms with E-state index in [0.717, 1.165) is 25.7 Å². The van der Waals surface area contributed by atoms with E-state index >= 15 is 0 Å². The molecule has 0 radical (unpaired) electrons. The molecule has 2 aliphatic rings. The Labute approximate surface area is 147 Å². The van der Waals surface area contributed by atoms with Gasteiger partial charge >= 0.3 is 0 Å². The van der Waals surface area contributed by atoms with Gasteiger partial charge in [-0.1, -0.05) is 6.07 Å². The van der Waals surface area contributed by atoms with Crippen LogP contribution in [-0.2, 0) is 14.8 Å². The Hall–Kier alpha value is -1.93. The highest BCUT2D eigenvalue weighted by Gasteiger charge is 2.26. The van der Waals surface area contributed by atoms with E-state index in [1.54, 1.807) is 6.07 Å². The Kier molecular flexibility index (Phi) is 5.10. The Morgan fingerprint density at radius 1 is 1.20 bits per heavy atom. The van der Waals surface area contributed by atoms with Gasteiger partial charge in [-0.05, 0) is 49.8 Å². The Morgan fingerprint density at radius 3 is 2.56 bits per heavy atom. The monoisotopic (exact) mass is 365 g/mol. The summed E-state index contributed by atoms with van der Waals surface area (Å²) in [5.74, 6) is -0.158. The van der Waals surface area contributed by atoms with Crippen molar-refractivity contribution in [1.82, 2.24) is 14.9 Å². The minimum Gasteiger partial charge on any atom is -0.352 e. The van der Waals surface area contributed by atoms with Crippen molar-refractivity contribution >= 4 is 21.8 Å². The molecule has 2 saturated carbocycles. The molecule has 136 valence electrons. The standard InChI is InChI=1S/C17H23N3O4S/c1-20(11-16(21)19-14-7-8-14)17(22)13-3-2-4-15(9-13)25(23,24)18-10-12-5-6-12/h2-4,9,12,14,18H,5-8,10-11H2,1H3,(H,19,21). The fraction of sp³-hybridized carbons (Fsp3) is 0.529. The smallest absolute Gasteiger partial charge is 0.254 e. The minimum absolute atomic E-state index is 0.0494. The van der Waals surface area contributed by atoms with E-state index in [1.165, 1.54) is 30.1 Å². The van der Waals surface area contributed by atoms with Gasteiger partial charge in [0.05, 0.1) is 11.4 Å². The van der Waals surface area contributed by atoms with Crippen molar-refractivity contribution in [3.8, 4) is 0 Å². The molecule has 25 heavy (non-hydrogen) atoms. The summed E-state index contributed by atoms with van der Waals surface area (Å²) in [5, 5.41) is 2.82. The lowest BCUT2D eigenvalue weighted by atomic mass is 10.2. The number of hydrogen-bond donors (Lipinski definition) is 2. The highest BCUT2D eigenvalue weighted by Crippen LogP contribution is 2.28. The molecular weight excluding hydrogens is 342 g/mol. The zero-order valence-corrected chi connectivity index (χ0v) is 15.0. The molecule has 0 saturated heterocycles. The lowest BCUT2D eigenvalue weighted by molar-refractivity contribution is -0.121. The maximum atomic E-state index is 12.5. The summed E-state index contributed by atoms with van der Waals surface area (Å²) in [5.41, 5.74) is 0.246. The molecule has 0 aromatic heterocycles. The first-order valence-electron chi connectivity index (χ1n) is 8.50. The third-order valence-electron chi connectivity index (χ3n) is 4.32. The number of amides is 2. The zero-order chi connectivity index (χ0) is 18.0. The van der Waals surface area contributed by atoms with Crippen molar-refractivity contribution in [3.05, 3.63) is 29.8 Å². The highest BCUT2D eigenvalue weighted by molar-refractivity contribution is 7.89. The van der Waals surface area contributed by atoms with Crippen LogP contribution in [0.25, 0.3) is 0 Å². The van der Waals surface area contributed by atoms with Crippen molar-refractivity contribution in [3.63, 3.8) is 0 Å². The Balaban J connectivity index is 1.64. The summed E-state index contributed by atoms with van der Waals surface area (Å²) < 4.78 is 27.2. The third kappa shape index (κ3) is 5.02. The van der Waals surface area contributed by atoms with Gasteiger partial charge in [-0.15, -0.1) is 0 Å². The Bertz CT molecular complexity index is 770. The second-order valence-electron chi connectivity index (χ2n) is 6.83. The predicted octanol–water partition coefficient (Wildman–Crippen LogP) is 0.725. The number of carbonyl (C=O) groups excluding carboxylic acids is 2. The van der Waals surface area contributed by atoms with Gasteiger partial charge in [-0.3, -0.25) is 9.59 Å². The maximum Gasteiger partial charge on any atom is 0.254 e. The number of likely N-dealkylation sites (N-methyl/N-ethyl adjacent to an activating group) is 1. The van der Waals surface area contributed by atoms with E-state index in [2.05, 4.69) is 10.0 Å². The van der Waals surface area contributed by atoms with Crippen LogP contribution in [0.2, 0.25) is 0 Å². The van der Waals surface area contributed by atoms with Crippen molar-refractivity contribution in [1.29, 1.82) is 0 Å². The molecular formula is C17H23N3O4S.